The number of carbonyl (C=O) groups excluding carboxylic acids is 1. The second-order valence-electron chi connectivity index (χ2n) is 4.96. The molecule has 0 bridgehead atoms. The third-order valence-corrected chi connectivity index (χ3v) is 3.25. The summed E-state index contributed by atoms with van der Waals surface area (Å²) in [6.45, 7) is 7.60. The van der Waals surface area contributed by atoms with Gasteiger partial charge in [0.1, 0.15) is 0 Å². The van der Waals surface area contributed by atoms with Crippen molar-refractivity contribution in [2.45, 2.75) is 58.2 Å². The first-order valence-electron chi connectivity index (χ1n) is 6.32. The normalized spacial score (nSPS) is 24.4. The SMILES string of the molecule is CC(C)NC(=O)C(C)N1CCCCC1CN. The molecule has 0 saturated carbocycles. The van der Waals surface area contributed by atoms with Gasteiger partial charge in [-0.15, -0.1) is 0 Å². The van der Waals surface area contributed by atoms with Crippen LogP contribution in [-0.2, 0) is 4.79 Å². The van der Waals surface area contributed by atoms with E-state index in [4.69, 9.17) is 5.73 Å². The molecule has 1 rings (SSSR count). The van der Waals surface area contributed by atoms with Crippen molar-refractivity contribution < 1.29 is 4.79 Å². The highest BCUT2D eigenvalue weighted by Crippen LogP contribution is 2.18. The molecule has 1 amide bonds. The monoisotopic (exact) mass is 227 g/mol. The number of carbonyl (C=O) groups is 1. The van der Waals surface area contributed by atoms with Gasteiger partial charge in [0.25, 0.3) is 0 Å². The van der Waals surface area contributed by atoms with Gasteiger partial charge < -0.3 is 11.1 Å². The zero-order valence-corrected chi connectivity index (χ0v) is 10.7. The van der Waals surface area contributed by atoms with E-state index in [1.54, 1.807) is 0 Å². The molecule has 1 fully saturated rings. The van der Waals surface area contributed by atoms with Crippen molar-refractivity contribution in [1.82, 2.24) is 10.2 Å². The molecule has 2 atom stereocenters. The van der Waals surface area contributed by atoms with E-state index in [2.05, 4.69) is 10.2 Å². The number of nitrogens with zero attached hydrogens (tertiary/aromatic N) is 1. The van der Waals surface area contributed by atoms with Gasteiger partial charge in [-0.05, 0) is 40.2 Å². The summed E-state index contributed by atoms with van der Waals surface area (Å²) in [6, 6.07) is 0.522. The molecule has 16 heavy (non-hydrogen) atoms. The Hall–Kier alpha value is -0.610. The fourth-order valence-electron chi connectivity index (χ4n) is 2.34. The predicted octanol–water partition coefficient (Wildman–Crippen LogP) is 0.713. The van der Waals surface area contributed by atoms with E-state index in [0.717, 1.165) is 13.0 Å². The minimum atomic E-state index is -0.0590. The van der Waals surface area contributed by atoms with Crippen LogP contribution in [0, 0.1) is 0 Å². The lowest BCUT2D eigenvalue weighted by atomic mass is 10.00. The molecule has 0 aromatic carbocycles. The average molecular weight is 227 g/mol. The lowest BCUT2D eigenvalue weighted by Crippen LogP contribution is -2.54. The highest BCUT2D eigenvalue weighted by atomic mass is 16.2. The zero-order valence-electron chi connectivity index (χ0n) is 10.7. The first kappa shape index (κ1) is 13.5. The molecular formula is C12H25N3O. The summed E-state index contributed by atoms with van der Waals surface area (Å²) in [6.07, 6.45) is 3.53. The number of nitrogens with two attached hydrogens (primary N) is 1. The Morgan fingerprint density at radius 3 is 2.69 bits per heavy atom. The van der Waals surface area contributed by atoms with Gasteiger partial charge in [-0.2, -0.15) is 0 Å². The molecular weight excluding hydrogens is 202 g/mol. The van der Waals surface area contributed by atoms with Crippen LogP contribution >= 0.6 is 0 Å². The van der Waals surface area contributed by atoms with E-state index >= 15 is 0 Å². The number of hydrogen-bond donors (Lipinski definition) is 2. The molecule has 0 spiro atoms. The summed E-state index contributed by atoms with van der Waals surface area (Å²) in [4.78, 5) is 14.2. The van der Waals surface area contributed by atoms with Crippen molar-refractivity contribution in [3.8, 4) is 0 Å². The summed E-state index contributed by atoms with van der Waals surface area (Å²) < 4.78 is 0. The third kappa shape index (κ3) is 3.46. The first-order chi connectivity index (χ1) is 7.56. The van der Waals surface area contributed by atoms with Crippen molar-refractivity contribution in [1.29, 1.82) is 0 Å². The number of likely N-dealkylation sites (tertiary alicyclic amines) is 1. The Morgan fingerprint density at radius 2 is 2.12 bits per heavy atom. The maximum Gasteiger partial charge on any atom is 0.237 e. The average Bonchev–Trinajstić information content (AvgIpc) is 2.27. The molecule has 0 aromatic heterocycles. The van der Waals surface area contributed by atoms with Gasteiger partial charge in [-0.3, -0.25) is 9.69 Å². The van der Waals surface area contributed by atoms with Crippen molar-refractivity contribution in [3.63, 3.8) is 0 Å². The van der Waals surface area contributed by atoms with E-state index in [9.17, 15) is 4.79 Å². The molecule has 1 aliphatic heterocycles. The maximum absolute atomic E-state index is 11.9. The number of rotatable bonds is 4. The quantitative estimate of drug-likeness (QED) is 0.744. The van der Waals surface area contributed by atoms with Crippen molar-refractivity contribution in [2.75, 3.05) is 13.1 Å². The van der Waals surface area contributed by atoms with Crippen molar-refractivity contribution in [2.24, 2.45) is 5.73 Å². The number of amides is 1. The fraction of sp³-hybridized carbons (Fsp3) is 0.917. The largest absolute Gasteiger partial charge is 0.353 e. The van der Waals surface area contributed by atoms with E-state index in [1.807, 2.05) is 20.8 Å². The lowest BCUT2D eigenvalue weighted by Gasteiger charge is -2.38. The molecule has 4 nitrogen and oxygen atoms in total. The van der Waals surface area contributed by atoms with E-state index < -0.39 is 0 Å². The molecule has 2 unspecified atom stereocenters. The van der Waals surface area contributed by atoms with E-state index in [1.165, 1.54) is 12.8 Å². The van der Waals surface area contributed by atoms with Gasteiger partial charge in [0.05, 0.1) is 6.04 Å². The summed E-state index contributed by atoms with van der Waals surface area (Å²) in [5.74, 6) is 0.121. The van der Waals surface area contributed by atoms with Gasteiger partial charge >= 0.3 is 0 Å². The topological polar surface area (TPSA) is 58.4 Å². The van der Waals surface area contributed by atoms with Crippen LogP contribution in [0.5, 0.6) is 0 Å². The van der Waals surface area contributed by atoms with Crippen LogP contribution in [0.1, 0.15) is 40.0 Å². The Kier molecular flexibility index (Phi) is 5.22. The Balaban J connectivity index is 2.56. The molecule has 3 N–H and O–H groups in total. The van der Waals surface area contributed by atoms with Crippen LogP contribution in [0.2, 0.25) is 0 Å². The predicted molar refractivity (Wildman–Crippen MR) is 66.1 cm³/mol. The lowest BCUT2D eigenvalue weighted by molar-refractivity contribution is -0.127. The fourth-order valence-corrected chi connectivity index (χ4v) is 2.34. The van der Waals surface area contributed by atoms with Crippen molar-refractivity contribution >= 4 is 5.91 Å². The minimum Gasteiger partial charge on any atom is -0.353 e. The van der Waals surface area contributed by atoms with Gasteiger partial charge in [0, 0.05) is 18.6 Å². The summed E-state index contributed by atoms with van der Waals surface area (Å²) in [5, 5.41) is 2.96. The van der Waals surface area contributed by atoms with E-state index in [0.29, 0.717) is 12.6 Å². The Labute approximate surface area is 98.6 Å². The number of piperidine rings is 1. The van der Waals surface area contributed by atoms with Crippen LogP contribution in [0.15, 0.2) is 0 Å². The van der Waals surface area contributed by atoms with Gasteiger partial charge in [0.2, 0.25) is 5.91 Å². The van der Waals surface area contributed by atoms with Crippen LogP contribution < -0.4 is 11.1 Å². The first-order valence-corrected chi connectivity index (χ1v) is 6.32. The van der Waals surface area contributed by atoms with Crippen molar-refractivity contribution in [3.05, 3.63) is 0 Å². The van der Waals surface area contributed by atoms with Gasteiger partial charge in [0.15, 0.2) is 0 Å². The molecule has 1 aliphatic rings. The molecule has 0 aliphatic carbocycles. The Morgan fingerprint density at radius 1 is 1.44 bits per heavy atom. The zero-order chi connectivity index (χ0) is 12.1. The second-order valence-corrected chi connectivity index (χ2v) is 4.96. The van der Waals surface area contributed by atoms with Crippen LogP contribution in [0.4, 0.5) is 0 Å². The molecule has 0 radical (unpaired) electrons. The summed E-state index contributed by atoms with van der Waals surface area (Å²) in [7, 11) is 0. The molecule has 1 heterocycles. The molecule has 0 aromatic rings. The molecule has 94 valence electrons. The summed E-state index contributed by atoms with van der Waals surface area (Å²) >= 11 is 0. The number of hydrogen-bond acceptors (Lipinski definition) is 3. The smallest absolute Gasteiger partial charge is 0.237 e. The highest BCUT2D eigenvalue weighted by molar-refractivity contribution is 5.81. The van der Waals surface area contributed by atoms with Gasteiger partial charge in [-0.25, -0.2) is 0 Å². The highest BCUT2D eigenvalue weighted by Gasteiger charge is 2.29. The minimum absolute atomic E-state index is 0.0590. The van der Waals surface area contributed by atoms with Gasteiger partial charge in [-0.1, -0.05) is 6.42 Å². The van der Waals surface area contributed by atoms with E-state index in [-0.39, 0.29) is 18.0 Å². The second kappa shape index (κ2) is 6.21. The third-order valence-electron chi connectivity index (χ3n) is 3.25. The molecule has 4 heteroatoms. The standard InChI is InChI=1S/C12H25N3O/c1-9(2)14-12(16)10(3)15-7-5-4-6-11(15)8-13/h9-11H,4-8,13H2,1-3H3,(H,14,16). The summed E-state index contributed by atoms with van der Waals surface area (Å²) in [5.41, 5.74) is 5.76. The van der Waals surface area contributed by atoms with Crippen LogP contribution in [-0.4, -0.2) is 42.0 Å². The Bertz CT molecular complexity index is 230. The molecule has 1 saturated heterocycles. The van der Waals surface area contributed by atoms with Crippen LogP contribution in [0.25, 0.3) is 0 Å². The van der Waals surface area contributed by atoms with Crippen LogP contribution in [0.3, 0.4) is 0 Å². The number of nitrogens with one attached hydrogen (secondary N) is 1. The maximum atomic E-state index is 11.9.